The van der Waals surface area contributed by atoms with Gasteiger partial charge in [0.25, 0.3) is 0 Å². The summed E-state index contributed by atoms with van der Waals surface area (Å²) in [6, 6.07) is 0. The first kappa shape index (κ1) is 14.0. The Morgan fingerprint density at radius 2 is 1.85 bits per heavy atom. The summed E-state index contributed by atoms with van der Waals surface area (Å²) in [6.45, 7) is 8.11. The number of hydrogen-bond acceptors (Lipinski definition) is 6. The molecular formula is C14H20O6. The van der Waals surface area contributed by atoms with E-state index in [1.54, 1.807) is 0 Å². The minimum Gasteiger partial charge on any atom is -0.458 e. The van der Waals surface area contributed by atoms with Crippen LogP contribution in [-0.2, 0) is 28.5 Å². The number of carbonyl (C=O) groups is 1. The van der Waals surface area contributed by atoms with Crippen LogP contribution in [0, 0.1) is 0 Å². The molecule has 3 aliphatic heterocycles. The summed E-state index contributed by atoms with van der Waals surface area (Å²) in [6.07, 6.45) is 0.587. The molecule has 3 rings (SSSR count). The Morgan fingerprint density at radius 1 is 1.10 bits per heavy atom. The largest absolute Gasteiger partial charge is 0.458 e. The minimum absolute atomic E-state index is 0.228. The van der Waals surface area contributed by atoms with Gasteiger partial charge in [0, 0.05) is 11.6 Å². The predicted molar refractivity (Wildman–Crippen MR) is 67.8 cm³/mol. The Bertz CT molecular complexity index is 453. The van der Waals surface area contributed by atoms with E-state index in [1.807, 2.05) is 27.7 Å². The molecule has 0 amide bonds. The highest BCUT2D eigenvalue weighted by molar-refractivity contribution is 5.85. The highest BCUT2D eigenvalue weighted by Crippen LogP contribution is 2.38. The normalized spacial score (nSPS) is 38.9. The average Bonchev–Trinajstić information content (AvgIpc) is 2.96. The zero-order valence-electron chi connectivity index (χ0n) is 12.2. The average molecular weight is 284 g/mol. The maximum absolute atomic E-state index is 11.3. The van der Waals surface area contributed by atoms with Crippen molar-refractivity contribution in [3.8, 4) is 0 Å². The predicted octanol–water partition coefficient (Wildman–Crippen LogP) is 1.14. The molecule has 0 saturated carbocycles. The van der Waals surface area contributed by atoms with E-state index in [-0.39, 0.29) is 30.9 Å². The fourth-order valence-corrected chi connectivity index (χ4v) is 2.78. The van der Waals surface area contributed by atoms with Crippen molar-refractivity contribution in [2.45, 2.75) is 57.6 Å². The van der Waals surface area contributed by atoms with E-state index in [0.29, 0.717) is 6.61 Å². The van der Waals surface area contributed by atoms with E-state index in [2.05, 4.69) is 0 Å². The second-order valence-electron chi connectivity index (χ2n) is 6.21. The first-order valence-electron chi connectivity index (χ1n) is 6.80. The molecule has 2 saturated heterocycles. The maximum atomic E-state index is 11.3. The monoisotopic (exact) mass is 284 g/mol. The van der Waals surface area contributed by atoms with Crippen LogP contribution >= 0.6 is 0 Å². The van der Waals surface area contributed by atoms with Gasteiger partial charge in [0.15, 0.2) is 11.6 Å². The molecule has 3 atom stereocenters. The summed E-state index contributed by atoms with van der Waals surface area (Å²) >= 11 is 0. The second-order valence-corrected chi connectivity index (χ2v) is 6.21. The summed E-state index contributed by atoms with van der Waals surface area (Å²) in [7, 11) is 0. The third-order valence-corrected chi connectivity index (χ3v) is 3.58. The lowest BCUT2D eigenvalue weighted by atomic mass is 10.0. The van der Waals surface area contributed by atoms with Gasteiger partial charge in [-0.15, -0.1) is 0 Å². The van der Waals surface area contributed by atoms with Crippen molar-refractivity contribution in [2.75, 3.05) is 13.2 Å². The van der Waals surface area contributed by atoms with E-state index in [1.165, 1.54) is 6.08 Å². The van der Waals surface area contributed by atoms with Crippen molar-refractivity contribution in [3.05, 3.63) is 11.6 Å². The highest BCUT2D eigenvalue weighted by atomic mass is 16.8. The van der Waals surface area contributed by atoms with Gasteiger partial charge in [-0.05, 0) is 27.7 Å². The molecule has 0 N–H and O–H groups in total. The number of rotatable bonds is 2. The molecule has 2 fully saturated rings. The van der Waals surface area contributed by atoms with Gasteiger partial charge in [-0.3, -0.25) is 0 Å². The summed E-state index contributed by atoms with van der Waals surface area (Å²) in [4.78, 5) is 11.3. The zero-order chi connectivity index (χ0) is 14.5. The van der Waals surface area contributed by atoms with Crippen LogP contribution in [0.4, 0.5) is 0 Å². The molecule has 6 nitrogen and oxygen atoms in total. The quantitative estimate of drug-likeness (QED) is 0.709. The number of ether oxygens (including phenoxy) is 5. The molecule has 3 heterocycles. The Hall–Kier alpha value is -0.950. The van der Waals surface area contributed by atoms with Crippen LogP contribution in [0.25, 0.3) is 0 Å². The minimum atomic E-state index is -0.724. The number of hydrogen-bond donors (Lipinski definition) is 0. The molecule has 112 valence electrons. The first-order chi connectivity index (χ1) is 9.26. The van der Waals surface area contributed by atoms with E-state index in [4.69, 9.17) is 23.7 Å². The molecule has 6 heteroatoms. The van der Waals surface area contributed by atoms with E-state index >= 15 is 0 Å². The third kappa shape index (κ3) is 2.61. The zero-order valence-corrected chi connectivity index (χ0v) is 12.2. The number of esters is 1. The van der Waals surface area contributed by atoms with Crippen LogP contribution in [0.15, 0.2) is 11.6 Å². The van der Waals surface area contributed by atoms with E-state index in [9.17, 15) is 4.79 Å². The van der Waals surface area contributed by atoms with Crippen molar-refractivity contribution >= 4 is 5.97 Å². The van der Waals surface area contributed by atoms with Crippen LogP contribution in [0.2, 0.25) is 0 Å². The smallest absolute Gasteiger partial charge is 0.331 e. The summed E-state index contributed by atoms with van der Waals surface area (Å²) in [5, 5.41) is 0. The Kier molecular flexibility index (Phi) is 3.17. The molecule has 20 heavy (non-hydrogen) atoms. The van der Waals surface area contributed by atoms with Gasteiger partial charge in [-0.25, -0.2) is 4.79 Å². The lowest BCUT2D eigenvalue weighted by Gasteiger charge is -2.24. The highest BCUT2D eigenvalue weighted by Gasteiger charge is 2.51. The van der Waals surface area contributed by atoms with Crippen LogP contribution < -0.4 is 0 Å². The topological polar surface area (TPSA) is 63.2 Å². The van der Waals surface area contributed by atoms with Crippen LogP contribution in [0.3, 0.4) is 0 Å². The SMILES string of the molecule is CC1(C)O[C@H]([C@H]2COC(C)(C)O2)[C@@H](C2=CC(=O)OC2)O1. The number of carbonyl (C=O) groups excluding carboxylic acids is 1. The van der Waals surface area contributed by atoms with Gasteiger partial charge in [-0.2, -0.15) is 0 Å². The van der Waals surface area contributed by atoms with Crippen molar-refractivity contribution in [2.24, 2.45) is 0 Å². The van der Waals surface area contributed by atoms with Crippen molar-refractivity contribution < 1.29 is 28.5 Å². The molecule has 0 unspecified atom stereocenters. The summed E-state index contributed by atoms with van der Waals surface area (Å²) in [5.41, 5.74) is 0.791. The first-order valence-corrected chi connectivity index (χ1v) is 6.80. The Labute approximate surface area is 118 Å². The Balaban J connectivity index is 1.80. The molecule has 0 aromatic carbocycles. The molecule has 0 aromatic rings. The fourth-order valence-electron chi connectivity index (χ4n) is 2.78. The van der Waals surface area contributed by atoms with Gasteiger partial charge in [0.2, 0.25) is 0 Å². The summed E-state index contributed by atoms with van der Waals surface area (Å²) in [5.74, 6) is -1.68. The van der Waals surface area contributed by atoms with Gasteiger partial charge < -0.3 is 23.7 Å². The third-order valence-electron chi connectivity index (χ3n) is 3.58. The molecule has 0 radical (unpaired) electrons. The molecular weight excluding hydrogens is 264 g/mol. The molecule has 0 aromatic heterocycles. The van der Waals surface area contributed by atoms with Gasteiger partial charge in [0.05, 0.1) is 6.61 Å². The lowest BCUT2D eigenvalue weighted by molar-refractivity contribution is -0.174. The second kappa shape index (κ2) is 4.53. The van der Waals surface area contributed by atoms with Crippen LogP contribution in [0.1, 0.15) is 27.7 Å². The van der Waals surface area contributed by atoms with Gasteiger partial charge in [-0.1, -0.05) is 0 Å². The van der Waals surface area contributed by atoms with Crippen LogP contribution in [0.5, 0.6) is 0 Å². The molecule has 0 spiro atoms. The van der Waals surface area contributed by atoms with Gasteiger partial charge in [0.1, 0.15) is 24.9 Å². The molecule has 0 aliphatic carbocycles. The number of cyclic esters (lactones) is 1. The maximum Gasteiger partial charge on any atom is 0.331 e. The van der Waals surface area contributed by atoms with Crippen molar-refractivity contribution in [3.63, 3.8) is 0 Å². The Morgan fingerprint density at radius 3 is 2.40 bits per heavy atom. The standard InChI is InChI=1S/C14H20O6/c1-13(2)17-7-9(18-13)12-11(19-14(3,4)20-12)8-5-10(15)16-6-8/h5,9,11-12H,6-7H2,1-4H3/t9-,11-,12-/m1/s1. The van der Waals surface area contributed by atoms with Crippen LogP contribution in [-0.4, -0.2) is 49.1 Å². The molecule has 0 bridgehead atoms. The van der Waals surface area contributed by atoms with E-state index < -0.39 is 11.6 Å². The van der Waals surface area contributed by atoms with Crippen molar-refractivity contribution in [1.82, 2.24) is 0 Å². The lowest BCUT2D eigenvalue weighted by Crippen LogP contribution is -2.39. The van der Waals surface area contributed by atoms with Crippen molar-refractivity contribution in [1.29, 1.82) is 0 Å². The fraction of sp³-hybridized carbons (Fsp3) is 0.786. The summed E-state index contributed by atoms with van der Waals surface area (Å²) < 4.78 is 28.3. The van der Waals surface area contributed by atoms with E-state index in [0.717, 1.165) is 5.57 Å². The molecule has 3 aliphatic rings. The van der Waals surface area contributed by atoms with Gasteiger partial charge >= 0.3 is 5.97 Å².